The maximum absolute atomic E-state index is 4.67. The molecule has 0 unspecified atom stereocenters. The summed E-state index contributed by atoms with van der Waals surface area (Å²) in [5.74, 6) is 0.869. The molecular formula is C20H28IN5S. The monoisotopic (exact) mass is 497 g/mol. The summed E-state index contributed by atoms with van der Waals surface area (Å²) in [6.45, 7) is 8.71. The standard InChI is InChI=1S/C20H27N5S.HI/c1-4-21-20(23-12-10-19-24-14(2)15(3)26-19)22-11-9-17-13-16-7-5-6-8-18(16)25-17;/h5-8,13,25H,4,9-12H2,1-3H3,(H2,21,22,23);1H. The van der Waals surface area contributed by atoms with E-state index >= 15 is 0 Å². The van der Waals surface area contributed by atoms with Crippen LogP contribution in [0.2, 0.25) is 0 Å². The number of aryl methyl sites for hydroxylation is 2. The Bertz CT molecular complexity index is 831. The molecule has 0 aliphatic carbocycles. The van der Waals surface area contributed by atoms with E-state index < -0.39 is 0 Å². The molecule has 3 rings (SSSR count). The number of para-hydroxylation sites is 1. The lowest BCUT2D eigenvalue weighted by Gasteiger charge is -2.10. The van der Waals surface area contributed by atoms with Gasteiger partial charge in [0.1, 0.15) is 0 Å². The van der Waals surface area contributed by atoms with Crippen LogP contribution >= 0.6 is 35.3 Å². The number of benzene rings is 1. The Kier molecular flexibility index (Phi) is 8.56. The predicted molar refractivity (Wildman–Crippen MR) is 127 cm³/mol. The largest absolute Gasteiger partial charge is 0.358 e. The number of H-pyrrole nitrogens is 1. The Labute approximate surface area is 182 Å². The minimum atomic E-state index is 0. The average molecular weight is 497 g/mol. The highest BCUT2D eigenvalue weighted by Gasteiger charge is 2.04. The first-order valence-corrected chi connectivity index (χ1v) is 9.99. The fraction of sp³-hybridized carbons (Fsp3) is 0.400. The van der Waals surface area contributed by atoms with Gasteiger partial charge in [0.25, 0.3) is 0 Å². The topological polar surface area (TPSA) is 65.1 Å². The fourth-order valence-electron chi connectivity index (χ4n) is 2.83. The lowest BCUT2D eigenvalue weighted by atomic mass is 10.2. The molecule has 3 aromatic rings. The number of guanidine groups is 1. The molecule has 0 saturated carbocycles. The first kappa shape index (κ1) is 21.7. The van der Waals surface area contributed by atoms with E-state index in [1.807, 2.05) is 0 Å². The highest BCUT2D eigenvalue weighted by molar-refractivity contribution is 14.0. The molecule has 2 aromatic heterocycles. The number of halogens is 1. The van der Waals surface area contributed by atoms with Gasteiger partial charge in [-0.15, -0.1) is 35.3 Å². The molecule has 0 bridgehead atoms. The second-order valence-electron chi connectivity index (χ2n) is 6.32. The maximum Gasteiger partial charge on any atom is 0.191 e. The lowest BCUT2D eigenvalue weighted by Crippen LogP contribution is -2.38. The summed E-state index contributed by atoms with van der Waals surface area (Å²) < 4.78 is 0. The van der Waals surface area contributed by atoms with Crippen molar-refractivity contribution in [3.8, 4) is 0 Å². The Hall–Kier alpha value is -1.61. The van der Waals surface area contributed by atoms with Crippen LogP contribution < -0.4 is 10.6 Å². The molecule has 0 aliphatic heterocycles. The van der Waals surface area contributed by atoms with Crippen molar-refractivity contribution in [2.24, 2.45) is 4.99 Å². The van der Waals surface area contributed by atoms with Gasteiger partial charge in [-0.25, -0.2) is 4.98 Å². The van der Waals surface area contributed by atoms with Crippen LogP contribution in [0.15, 0.2) is 35.3 Å². The zero-order valence-electron chi connectivity index (χ0n) is 16.1. The highest BCUT2D eigenvalue weighted by atomic mass is 127. The van der Waals surface area contributed by atoms with E-state index in [1.165, 1.54) is 21.5 Å². The number of nitrogens with zero attached hydrogens (tertiary/aromatic N) is 2. The van der Waals surface area contributed by atoms with Gasteiger partial charge < -0.3 is 15.6 Å². The van der Waals surface area contributed by atoms with E-state index in [1.54, 1.807) is 11.3 Å². The van der Waals surface area contributed by atoms with Crippen LogP contribution in [-0.4, -0.2) is 35.6 Å². The summed E-state index contributed by atoms with van der Waals surface area (Å²) >= 11 is 1.77. The third-order valence-corrected chi connectivity index (χ3v) is 5.42. The molecular weight excluding hydrogens is 469 g/mol. The van der Waals surface area contributed by atoms with Crippen LogP contribution in [-0.2, 0) is 12.8 Å². The van der Waals surface area contributed by atoms with Crippen LogP contribution in [0.25, 0.3) is 10.9 Å². The minimum Gasteiger partial charge on any atom is -0.358 e. The molecule has 0 saturated heterocycles. The van der Waals surface area contributed by atoms with E-state index in [0.29, 0.717) is 0 Å². The number of aromatic nitrogens is 2. The zero-order chi connectivity index (χ0) is 18.4. The number of aliphatic imine (C=N–C) groups is 1. The van der Waals surface area contributed by atoms with Crippen molar-refractivity contribution in [3.05, 3.63) is 51.6 Å². The van der Waals surface area contributed by atoms with E-state index in [2.05, 4.69) is 76.7 Å². The second-order valence-corrected chi connectivity index (χ2v) is 7.61. The van der Waals surface area contributed by atoms with Crippen molar-refractivity contribution < 1.29 is 0 Å². The molecule has 0 spiro atoms. The normalized spacial score (nSPS) is 11.4. The van der Waals surface area contributed by atoms with E-state index in [0.717, 1.165) is 49.1 Å². The van der Waals surface area contributed by atoms with Gasteiger partial charge in [-0.1, -0.05) is 18.2 Å². The molecule has 0 aliphatic rings. The van der Waals surface area contributed by atoms with Gasteiger partial charge in [-0.2, -0.15) is 0 Å². The Morgan fingerprint density at radius 1 is 1.19 bits per heavy atom. The molecule has 0 atom stereocenters. The first-order chi connectivity index (χ1) is 12.7. The molecule has 0 amide bonds. The number of rotatable bonds is 7. The van der Waals surface area contributed by atoms with Gasteiger partial charge in [-0.05, 0) is 38.3 Å². The number of thiazole rings is 1. The SMILES string of the molecule is CCNC(=NCCc1nc(C)c(C)s1)NCCc1cc2ccccc2[nH]1.I. The summed E-state index contributed by atoms with van der Waals surface area (Å²) in [4.78, 5) is 14.0. The van der Waals surface area contributed by atoms with Crippen molar-refractivity contribution in [2.45, 2.75) is 33.6 Å². The third-order valence-electron chi connectivity index (χ3n) is 4.29. The van der Waals surface area contributed by atoms with Crippen molar-refractivity contribution in [1.29, 1.82) is 0 Å². The van der Waals surface area contributed by atoms with E-state index in [9.17, 15) is 0 Å². The number of aromatic amines is 1. The summed E-state index contributed by atoms with van der Waals surface area (Å²) in [6, 6.07) is 10.6. The molecule has 146 valence electrons. The number of hydrogen-bond donors (Lipinski definition) is 3. The number of nitrogens with one attached hydrogen (secondary N) is 3. The number of fused-ring (bicyclic) bond motifs is 1. The first-order valence-electron chi connectivity index (χ1n) is 9.17. The summed E-state index contributed by atoms with van der Waals surface area (Å²) in [5.41, 5.74) is 3.57. The average Bonchev–Trinajstić information content (AvgIpc) is 3.17. The zero-order valence-corrected chi connectivity index (χ0v) is 19.3. The van der Waals surface area contributed by atoms with Gasteiger partial charge in [0, 0.05) is 48.6 Å². The molecule has 5 nitrogen and oxygen atoms in total. The molecule has 27 heavy (non-hydrogen) atoms. The van der Waals surface area contributed by atoms with Crippen molar-refractivity contribution in [3.63, 3.8) is 0 Å². The van der Waals surface area contributed by atoms with Crippen LogP contribution in [0.3, 0.4) is 0 Å². The van der Waals surface area contributed by atoms with Gasteiger partial charge in [0.2, 0.25) is 0 Å². The third kappa shape index (κ3) is 6.21. The quantitative estimate of drug-likeness (QED) is 0.261. The highest BCUT2D eigenvalue weighted by Crippen LogP contribution is 2.17. The summed E-state index contributed by atoms with van der Waals surface area (Å²) in [5, 5.41) is 9.15. The molecule has 7 heteroatoms. The van der Waals surface area contributed by atoms with Gasteiger partial charge in [0.15, 0.2) is 5.96 Å². The van der Waals surface area contributed by atoms with Crippen molar-refractivity contribution in [1.82, 2.24) is 20.6 Å². The van der Waals surface area contributed by atoms with Crippen LogP contribution in [0.1, 0.15) is 28.2 Å². The van der Waals surface area contributed by atoms with Gasteiger partial charge in [-0.3, -0.25) is 4.99 Å². The second kappa shape index (κ2) is 10.7. The molecule has 2 heterocycles. The summed E-state index contributed by atoms with van der Waals surface area (Å²) in [6.07, 6.45) is 1.82. The van der Waals surface area contributed by atoms with Crippen LogP contribution in [0.5, 0.6) is 0 Å². The Morgan fingerprint density at radius 2 is 2.00 bits per heavy atom. The lowest BCUT2D eigenvalue weighted by molar-refractivity contribution is 0.789. The van der Waals surface area contributed by atoms with Crippen LogP contribution in [0, 0.1) is 13.8 Å². The molecule has 1 aromatic carbocycles. The molecule has 3 N–H and O–H groups in total. The van der Waals surface area contributed by atoms with E-state index in [-0.39, 0.29) is 24.0 Å². The Morgan fingerprint density at radius 3 is 2.70 bits per heavy atom. The smallest absolute Gasteiger partial charge is 0.191 e. The van der Waals surface area contributed by atoms with E-state index in [4.69, 9.17) is 0 Å². The Balaban J connectivity index is 0.00000261. The summed E-state index contributed by atoms with van der Waals surface area (Å²) in [7, 11) is 0. The molecule has 0 fully saturated rings. The van der Waals surface area contributed by atoms with Crippen molar-refractivity contribution in [2.75, 3.05) is 19.6 Å². The van der Waals surface area contributed by atoms with Crippen molar-refractivity contribution >= 4 is 52.2 Å². The molecule has 0 radical (unpaired) electrons. The van der Waals surface area contributed by atoms with Gasteiger partial charge >= 0.3 is 0 Å². The van der Waals surface area contributed by atoms with Crippen LogP contribution in [0.4, 0.5) is 0 Å². The number of hydrogen-bond acceptors (Lipinski definition) is 3. The maximum atomic E-state index is 4.67. The van der Waals surface area contributed by atoms with Gasteiger partial charge in [0.05, 0.1) is 10.7 Å². The fourth-order valence-corrected chi connectivity index (χ4v) is 3.76. The predicted octanol–water partition coefficient (Wildman–Crippen LogP) is 4.20. The minimum absolute atomic E-state index is 0.